The number of hydrogen-bond donors (Lipinski definition) is 2. The van der Waals surface area contributed by atoms with Crippen LogP contribution in [0.3, 0.4) is 0 Å². The predicted octanol–water partition coefficient (Wildman–Crippen LogP) is 3.08. The second-order valence-electron chi connectivity index (χ2n) is 7.43. The lowest BCUT2D eigenvalue weighted by Gasteiger charge is -2.22. The van der Waals surface area contributed by atoms with Crippen molar-refractivity contribution in [1.29, 1.82) is 0 Å². The van der Waals surface area contributed by atoms with E-state index < -0.39 is 6.04 Å². The minimum Gasteiger partial charge on any atom is -0.354 e. The van der Waals surface area contributed by atoms with Gasteiger partial charge in [-0.2, -0.15) is 0 Å². The number of amides is 2. The first-order valence-corrected chi connectivity index (χ1v) is 9.83. The highest BCUT2D eigenvalue weighted by atomic mass is 16.2. The van der Waals surface area contributed by atoms with Gasteiger partial charge >= 0.3 is 0 Å². The summed E-state index contributed by atoms with van der Waals surface area (Å²) in [6.07, 6.45) is 0.854. The van der Waals surface area contributed by atoms with Crippen molar-refractivity contribution in [2.75, 3.05) is 20.1 Å². The summed E-state index contributed by atoms with van der Waals surface area (Å²) in [5.41, 5.74) is 1.83. The Kier molecular flexibility index (Phi) is 8.69. The maximum atomic E-state index is 12.5. The summed E-state index contributed by atoms with van der Waals surface area (Å²) >= 11 is 0. The minimum absolute atomic E-state index is 0.00779. The number of hydrogen-bond acceptors (Lipinski definition) is 3. The van der Waals surface area contributed by atoms with Gasteiger partial charge < -0.3 is 15.5 Å². The predicted molar refractivity (Wildman–Crippen MR) is 113 cm³/mol. The van der Waals surface area contributed by atoms with Crippen molar-refractivity contribution in [2.45, 2.75) is 32.9 Å². The Hall–Kier alpha value is -2.66. The fourth-order valence-electron chi connectivity index (χ4n) is 2.99. The topological polar surface area (TPSA) is 61.4 Å². The van der Waals surface area contributed by atoms with Crippen LogP contribution in [0.5, 0.6) is 0 Å². The molecule has 0 bridgehead atoms. The molecule has 0 aliphatic carbocycles. The van der Waals surface area contributed by atoms with E-state index in [1.54, 1.807) is 12.1 Å². The number of carbonyl (C=O) groups is 2. The molecule has 2 aromatic rings. The molecule has 1 atom stereocenters. The molecule has 5 nitrogen and oxygen atoms in total. The van der Waals surface area contributed by atoms with Crippen LogP contribution in [0.4, 0.5) is 0 Å². The smallest absolute Gasteiger partial charge is 0.251 e. The first kappa shape index (κ1) is 21.6. The van der Waals surface area contributed by atoms with Gasteiger partial charge in [0.1, 0.15) is 6.04 Å². The van der Waals surface area contributed by atoms with E-state index in [4.69, 9.17) is 0 Å². The Morgan fingerprint density at radius 3 is 2.18 bits per heavy atom. The zero-order valence-electron chi connectivity index (χ0n) is 17.0. The minimum atomic E-state index is -0.547. The molecule has 5 heteroatoms. The Morgan fingerprint density at radius 1 is 0.964 bits per heavy atom. The molecule has 150 valence electrons. The quantitative estimate of drug-likeness (QED) is 0.622. The van der Waals surface area contributed by atoms with Gasteiger partial charge in [-0.25, -0.2) is 0 Å². The number of carbonyl (C=O) groups excluding carboxylic acids is 2. The summed E-state index contributed by atoms with van der Waals surface area (Å²) in [7, 11) is 2.08. The average molecular weight is 382 g/mol. The van der Waals surface area contributed by atoms with Gasteiger partial charge in [-0.05, 0) is 43.6 Å². The third-order valence-corrected chi connectivity index (χ3v) is 4.58. The largest absolute Gasteiger partial charge is 0.354 e. The third kappa shape index (κ3) is 7.16. The van der Waals surface area contributed by atoms with Crippen LogP contribution in [0.25, 0.3) is 0 Å². The van der Waals surface area contributed by atoms with E-state index in [0.29, 0.717) is 12.1 Å². The molecule has 0 saturated heterocycles. The zero-order valence-corrected chi connectivity index (χ0v) is 17.0. The first-order valence-electron chi connectivity index (χ1n) is 9.83. The van der Waals surface area contributed by atoms with Crippen LogP contribution in [0.2, 0.25) is 0 Å². The van der Waals surface area contributed by atoms with E-state index >= 15 is 0 Å². The number of nitrogens with zero attached hydrogens (tertiary/aromatic N) is 1. The molecular weight excluding hydrogens is 350 g/mol. The molecule has 0 heterocycles. The zero-order chi connectivity index (χ0) is 20.4. The first-order chi connectivity index (χ1) is 13.5. The second-order valence-corrected chi connectivity index (χ2v) is 7.43. The van der Waals surface area contributed by atoms with Crippen molar-refractivity contribution in [3.05, 3.63) is 71.8 Å². The standard InChI is InChI=1S/C23H31N3O2/c1-18(2)21(25-22(27)20-13-8-5-9-14-20)23(28)24-15-10-16-26(3)17-19-11-6-4-7-12-19/h4-9,11-14,18,21H,10,15-17H2,1-3H3,(H,24,28)(H,25,27). The van der Waals surface area contributed by atoms with Gasteiger partial charge in [0.25, 0.3) is 5.91 Å². The van der Waals surface area contributed by atoms with Gasteiger partial charge in [-0.15, -0.1) is 0 Å². The summed E-state index contributed by atoms with van der Waals surface area (Å²) in [5, 5.41) is 5.81. The van der Waals surface area contributed by atoms with Crippen LogP contribution in [0, 0.1) is 5.92 Å². The number of rotatable bonds is 10. The van der Waals surface area contributed by atoms with Crippen LogP contribution in [-0.2, 0) is 11.3 Å². The molecule has 0 aromatic heterocycles. The molecule has 2 rings (SSSR count). The molecule has 28 heavy (non-hydrogen) atoms. The summed E-state index contributed by atoms with van der Waals surface area (Å²) in [6.45, 7) is 6.23. The SMILES string of the molecule is CC(C)C(NC(=O)c1ccccc1)C(=O)NCCCN(C)Cc1ccccc1. The molecule has 0 radical (unpaired) electrons. The van der Waals surface area contributed by atoms with E-state index in [1.165, 1.54) is 5.56 Å². The van der Waals surface area contributed by atoms with Gasteiger partial charge in [0.05, 0.1) is 0 Å². The molecule has 2 N–H and O–H groups in total. The summed E-state index contributed by atoms with van der Waals surface area (Å²) in [6, 6.07) is 18.7. The fourth-order valence-corrected chi connectivity index (χ4v) is 2.99. The van der Waals surface area contributed by atoms with Crippen molar-refractivity contribution in [3.8, 4) is 0 Å². The van der Waals surface area contributed by atoms with E-state index in [2.05, 4.69) is 34.7 Å². The van der Waals surface area contributed by atoms with Crippen LogP contribution in [-0.4, -0.2) is 42.9 Å². The third-order valence-electron chi connectivity index (χ3n) is 4.58. The van der Waals surface area contributed by atoms with E-state index in [0.717, 1.165) is 19.5 Å². The van der Waals surface area contributed by atoms with E-state index in [-0.39, 0.29) is 17.7 Å². The normalized spacial score (nSPS) is 12.0. The van der Waals surface area contributed by atoms with E-state index in [1.807, 2.05) is 50.2 Å². The van der Waals surface area contributed by atoms with Gasteiger partial charge in [-0.1, -0.05) is 62.4 Å². The molecule has 0 aliphatic heterocycles. The highest BCUT2D eigenvalue weighted by Crippen LogP contribution is 2.06. The molecule has 1 unspecified atom stereocenters. The van der Waals surface area contributed by atoms with Gasteiger partial charge in [-0.3, -0.25) is 9.59 Å². The van der Waals surface area contributed by atoms with Crippen molar-refractivity contribution < 1.29 is 9.59 Å². The van der Waals surface area contributed by atoms with Crippen molar-refractivity contribution in [1.82, 2.24) is 15.5 Å². The molecule has 2 aromatic carbocycles. The van der Waals surface area contributed by atoms with Crippen LogP contribution < -0.4 is 10.6 Å². The lowest BCUT2D eigenvalue weighted by Crippen LogP contribution is -2.50. The number of nitrogens with one attached hydrogen (secondary N) is 2. The molecule has 0 saturated carbocycles. The second kappa shape index (κ2) is 11.2. The maximum Gasteiger partial charge on any atom is 0.251 e. The van der Waals surface area contributed by atoms with Gasteiger partial charge in [0.15, 0.2) is 0 Å². The fraction of sp³-hybridized carbons (Fsp3) is 0.391. The van der Waals surface area contributed by atoms with Gasteiger partial charge in [0.2, 0.25) is 5.91 Å². The summed E-state index contributed by atoms with van der Waals surface area (Å²) in [5.74, 6) is -0.351. The van der Waals surface area contributed by atoms with Gasteiger partial charge in [0, 0.05) is 18.7 Å². The molecular formula is C23H31N3O2. The Bertz CT molecular complexity index is 732. The Balaban J connectivity index is 1.75. The lowest BCUT2D eigenvalue weighted by molar-refractivity contribution is -0.123. The molecule has 2 amide bonds. The van der Waals surface area contributed by atoms with E-state index in [9.17, 15) is 9.59 Å². The Labute approximate surface area is 168 Å². The lowest BCUT2D eigenvalue weighted by atomic mass is 10.0. The van der Waals surface area contributed by atoms with Crippen molar-refractivity contribution in [3.63, 3.8) is 0 Å². The Morgan fingerprint density at radius 2 is 1.57 bits per heavy atom. The summed E-state index contributed by atoms with van der Waals surface area (Å²) in [4.78, 5) is 27.1. The van der Waals surface area contributed by atoms with Crippen molar-refractivity contribution in [2.24, 2.45) is 5.92 Å². The summed E-state index contributed by atoms with van der Waals surface area (Å²) < 4.78 is 0. The van der Waals surface area contributed by atoms with Crippen LogP contribution >= 0.6 is 0 Å². The highest BCUT2D eigenvalue weighted by Gasteiger charge is 2.24. The maximum absolute atomic E-state index is 12.5. The molecule has 0 spiro atoms. The molecule has 0 fully saturated rings. The monoisotopic (exact) mass is 381 g/mol. The van der Waals surface area contributed by atoms with Crippen LogP contribution in [0.1, 0.15) is 36.2 Å². The van der Waals surface area contributed by atoms with Crippen molar-refractivity contribution >= 4 is 11.8 Å². The van der Waals surface area contributed by atoms with Crippen LogP contribution in [0.15, 0.2) is 60.7 Å². The highest BCUT2D eigenvalue weighted by molar-refractivity contribution is 5.97. The average Bonchev–Trinajstić information content (AvgIpc) is 2.70. The number of benzene rings is 2. The molecule has 0 aliphatic rings.